The maximum absolute atomic E-state index is 11.9. The van der Waals surface area contributed by atoms with E-state index < -0.39 is 0 Å². The quantitative estimate of drug-likeness (QED) is 0.688. The van der Waals surface area contributed by atoms with E-state index in [9.17, 15) is 9.59 Å². The molecule has 0 aliphatic carbocycles. The maximum atomic E-state index is 11.9. The van der Waals surface area contributed by atoms with Crippen LogP contribution in [0.3, 0.4) is 0 Å². The normalized spacial score (nSPS) is 11.1. The molecule has 110 valence electrons. The van der Waals surface area contributed by atoms with Gasteiger partial charge in [0.05, 0.1) is 21.0 Å². The number of benzene rings is 1. The highest BCUT2D eigenvalue weighted by molar-refractivity contribution is 9.11. The summed E-state index contributed by atoms with van der Waals surface area (Å²) in [5.41, 5.74) is 0.897. The summed E-state index contributed by atoms with van der Waals surface area (Å²) >= 11 is 4.90. The number of halogens is 1. The second-order valence-corrected chi connectivity index (χ2v) is 6.92. The number of fused-ring (bicyclic) bond motifs is 1. The van der Waals surface area contributed by atoms with E-state index in [1.165, 1.54) is 23.7 Å². The van der Waals surface area contributed by atoms with Crippen LogP contribution >= 0.6 is 27.3 Å². The molecule has 2 aromatic heterocycles. The molecule has 0 unspecified atom stereocenters. The summed E-state index contributed by atoms with van der Waals surface area (Å²) in [6.45, 7) is 0. The first-order valence-electron chi connectivity index (χ1n) is 6.34. The van der Waals surface area contributed by atoms with Crippen LogP contribution in [-0.4, -0.2) is 15.9 Å². The largest absolute Gasteiger partial charge is 0.322 e. The molecular weight excluding hydrogens is 366 g/mol. The number of amides is 1. The molecule has 1 aromatic carbocycles. The zero-order valence-electron chi connectivity index (χ0n) is 11.2. The van der Waals surface area contributed by atoms with Gasteiger partial charge >= 0.3 is 0 Å². The predicted octanol–water partition coefficient (Wildman–Crippen LogP) is 3.40. The standard InChI is InChI=1S/C15H10BrN3O2S/c16-13-5-2-10(22-13)3-6-14(20)19-9-1-4-12-11(7-9)15(21)18-8-17-12/h1-8H,(H,19,20)(H,17,18,21)/b6-3+. The molecule has 2 heterocycles. The number of aromatic amines is 1. The van der Waals surface area contributed by atoms with Gasteiger partial charge in [-0.25, -0.2) is 4.98 Å². The molecule has 22 heavy (non-hydrogen) atoms. The van der Waals surface area contributed by atoms with Gasteiger partial charge < -0.3 is 10.3 Å². The summed E-state index contributed by atoms with van der Waals surface area (Å²) in [6, 6.07) is 8.85. The van der Waals surface area contributed by atoms with E-state index in [-0.39, 0.29) is 11.5 Å². The highest BCUT2D eigenvalue weighted by Gasteiger charge is 2.03. The van der Waals surface area contributed by atoms with E-state index in [0.717, 1.165) is 8.66 Å². The smallest absolute Gasteiger partial charge is 0.258 e. The third-order valence-electron chi connectivity index (χ3n) is 2.90. The minimum atomic E-state index is -0.260. The van der Waals surface area contributed by atoms with Crippen molar-refractivity contribution in [2.24, 2.45) is 0 Å². The Kier molecular flexibility index (Phi) is 4.17. The first-order valence-corrected chi connectivity index (χ1v) is 7.94. The first kappa shape index (κ1) is 14.7. The molecule has 0 radical (unpaired) electrons. The highest BCUT2D eigenvalue weighted by atomic mass is 79.9. The fourth-order valence-corrected chi connectivity index (χ4v) is 3.23. The van der Waals surface area contributed by atoms with E-state index >= 15 is 0 Å². The lowest BCUT2D eigenvalue weighted by molar-refractivity contribution is -0.111. The van der Waals surface area contributed by atoms with Crippen LogP contribution in [-0.2, 0) is 4.79 Å². The lowest BCUT2D eigenvalue weighted by atomic mass is 10.2. The Morgan fingerprint density at radius 2 is 2.18 bits per heavy atom. The topological polar surface area (TPSA) is 74.8 Å². The van der Waals surface area contributed by atoms with Crippen molar-refractivity contribution in [3.8, 4) is 0 Å². The number of nitrogens with one attached hydrogen (secondary N) is 2. The molecule has 0 atom stereocenters. The SMILES string of the molecule is O=C(/C=C/c1ccc(Br)s1)Nc1ccc2nc[nH]c(=O)c2c1. The molecule has 3 aromatic rings. The van der Waals surface area contributed by atoms with Gasteiger partial charge in [-0.05, 0) is 52.3 Å². The fraction of sp³-hybridized carbons (Fsp3) is 0. The molecule has 0 spiro atoms. The van der Waals surface area contributed by atoms with Gasteiger partial charge in [0.15, 0.2) is 0 Å². The number of aromatic nitrogens is 2. The molecule has 0 saturated carbocycles. The Balaban J connectivity index is 1.78. The molecule has 0 fully saturated rings. The molecule has 1 amide bonds. The van der Waals surface area contributed by atoms with Crippen molar-refractivity contribution in [2.75, 3.05) is 5.32 Å². The number of carbonyl (C=O) groups is 1. The van der Waals surface area contributed by atoms with Crippen molar-refractivity contribution in [1.82, 2.24) is 9.97 Å². The van der Waals surface area contributed by atoms with Crippen molar-refractivity contribution in [2.45, 2.75) is 0 Å². The number of thiophene rings is 1. The number of rotatable bonds is 3. The van der Waals surface area contributed by atoms with Crippen LogP contribution in [0.25, 0.3) is 17.0 Å². The summed E-state index contributed by atoms with van der Waals surface area (Å²) in [4.78, 5) is 31.1. The second-order valence-electron chi connectivity index (χ2n) is 4.43. The zero-order valence-corrected chi connectivity index (χ0v) is 13.6. The van der Waals surface area contributed by atoms with E-state index in [2.05, 4.69) is 31.2 Å². The zero-order chi connectivity index (χ0) is 15.5. The van der Waals surface area contributed by atoms with Gasteiger partial charge in [0.2, 0.25) is 5.91 Å². The maximum Gasteiger partial charge on any atom is 0.258 e. The van der Waals surface area contributed by atoms with Crippen molar-refractivity contribution < 1.29 is 4.79 Å². The van der Waals surface area contributed by atoms with Crippen LogP contribution in [0.15, 0.2) is 51.3 Å². The van der Waals surface area contributed by atoms with Crippen molar-refractivity contribution in [1.29, 1.82) is 0 Å². The van der Waals surface area contributed by atoms with Crippen LogP contribution in [0.2, 0.25) is 0 Å². The van der Waals surface area contributed by atoms with Crippen LogP contribution < -0.4 is 10.9 Å². The minimum Gasteiger partial charge on any atom is -0.322 e. The number of H-pyrrole nitrogens is 1. The first-order chi connectivity index (χ1) is 10.6. The summed E-state index contributed by atoms with van der Waals surface area (Å²) in [7, 11) is 0. The van der Waals surface area contributed by atoms with Crippen molar-refractivity contribution in [3.63, 3.8) is 0 Å². The molecule has 0 aliphatic heterocycles. The monoisotopic (exact) mass is 375 g/mol. The van der Waals surface area contributed by atoms with Gasteiger partial charge in [-0.3, -0.25) is 9.59 Å². The van der Waals surface area contributed by atoms with Crippen molar-refractivity contribution in [3.05, 3.63) is 61.8 Å². The Morgan fingerprint density at radius 3 is 2.95 bits per heavy atom. The average Bonchev–Trinajstić information content (AvgIpc) is 2.92. The number of hydrogen-bond acceptors (Lipinski definition) is 4. The molecule has 5 nitrogen and oxygen atoms in total. The second kappa shape index (κ2) is 6.25. The summed E-state index contributed by atoms with van der Waals surface area (Å²) in [6.07, 6.45) is 4.54. The molecular formula is C15H10BrN3O2S. The Morgan fingerprint density at radius 1 is 1.32 bits per heavy atom. The van der Waals surface area contributed by atoms with E-state index in [0.29, 0.717) is 16.6 Å². The van der Waals surface area contributed by atoms with Crippen LogP contribution in [0.5, 0.6) is 0 Å². The van der Waals surface area contributed by atoms with Gasteiger partial charge in [0.25, 0.3) is 5.56 Å². The molecule has 7 heteroatoms. The minimum absolute atomic E-state index is 0.236. The molecule has 0 bridgehead atoms. The Hall–Kier alpha value is -2.25. The van der Waals surface area contributed by atoms with E-state index in [1.54, 1.807) is 24.3 Å². The van der Waals surface area contributed by atoms with Crippen LogP contribution in [0.4, 0.5) is 5.69 Å². The van der Waals surface area contributed by atoms with Gasteiger partial charge in [-0.2, -0.15) is 0 Å². The van der Waals surface area contributed by atoms with Gasteiger partial charge in [-0.15, -0.1) is 11.3 Å². The number of anilines is 1. The average molecular weight is 376 g/mol. The third kappa shape index (κ3) is 3.32. The summed E-state index contributed by atoms with van der Waals surface area (Å²) in [5, 5.41) is 3.16. The van der Waals surface area contributed by atoms with Crippen LogP contribution in [0.1, 0.15) is 4.88 Å². The lowest BCUT2D eigenvalue weighted by Gasteiger charge is -2.03. The van der Waals surface area contributed by atoms with E-state index in [1.807, 2.05) is 12.1 Å². The number of nitrogens with zero attached hydrogens (tertiary/aromatic N) is 1. The predicted molar refractivity (Wildman–Crippen MR) is 92.0 cm³/mol. The Labute approximate surface area is 137 Å². The molecule has 0 aliphatic rings. The van der Waals surface area contributed by atoms with Gasteiger partial charge in [-0.1, -0.05) is 0 Å². The van der Waals surface area contributed by atoms with Crippen LogP contribution in [0, 0.1) is 0 Å². The van der Waals surface area contributed by atoms with Gasteiger partial charge in [0, 0.05) is 16.6 Å². The number of hydrogen-bond donors (Lipinski definition) is 2. The Bertz CT molecular complexity index is 930. The van der Waals surface area contributed by atoms with Crippen molar-refractivity contribution >= 4 is 55.8 Å². The summed E-state index contributed by atoms with van der Waals surface area (Å²) in [5.74, 6) is -0.260. The third-order valence-corrected chi connectivity index (χ3v) is 4.49. The number of carbonyl (C=O) groups excluding carboxylic acids is 1. The summed E-state index contributed by atoms with van der Waals surface area (Å²) < 4.78 is 1.01. The molecule has 3 rings (SSSR count). The molecule has 2 N–H and O–H groups in total. The van der Waals surface area contributed by atoms with Gasteiger partial charge in [0.1, 0.15) is 0 Å². The molecule has 0 saturated heterocycles. The highest BCUT2D eigenvalue weighted by Crippen LogP contribution is 2.23. The fourth-order valence-electron chi connectivity index (χ4n) is 1.91. The lowest BCUT2D eigenvalue weighted by Crippen LogP contribution is -2.10. The van der Waals surface area contributed by atoms with E-state index in [4.69, 9.17) is 0 Å².